The van der Waals surface area contributed by atoms with Crippen molar-refractivity contribution in [3.63, 3.8) is 0 Å². The summed E-state index contributed by atoms with van der Waals surface area (Å²) in [6, 6.07) is 7.32. The predicted molar refractivity (Wildman–Crippen MR) is 108 cm³/mol. The summed E-state index contributed by atoms with van der Waals surface area (Å²) in [5.74, 6) is 0.928. The maximum absolute atomic E-state index is 12.8. The fourth-order valence-corrected chi connectivity index (χ4v) is 3.25. The molecule has 0 fully saturated rings. The van der Waals surface area contributed by atoms with Crippen LogP contribution in [0.25, 0.3) is 11.4 Å². The van der Waals surface area contributed by atoms with Gasteiger partial charge in [-0.15, -0.1) is 5.06 Å². The highest BCUT2D eigenvalue weighted by Crippen LogP contribution is 2.27. The van der Waals surface area contributed by atoms with Crippen molar-refractivity contribution in [2.75, 3.05) is 20.2 Å². The van der Waals surface area contributed by atoms with Gasteiger partial charge in [-0.3, -0.25) is 4.79 Å². The van der Waals surface area contributed by atoms with Gasteiger partial charge in [0.25, 0.3) is 5.91 Å². The van der Waals surface area contributed by atoms with Gasteiger partial charge >= 0.3 is 6.16 Å². The second-order valence-electron chi connectivity index (χ2n) is 7.24. The molecule has 1 aliphatic rings. The molecule has 2 heterocycles. The molecule has 29 heavy (non-hydrogen) atoms. The van der Waals surface area contributed by atoms with E-state index in [4.69, 9.17) is 16.4 Å². The van der Waals surface area contributed by atoms with E-state index in [2.05, 4.69) is 28.9 Å². The number of hydrogen-bond acceptors (Lipinski definition) is 6. The van der Waals surface area contributed by atoms with Crippen LogP contribution in [-0.2, 0) is 22.7 Å². The van der Waals surface area contributed by atoms with Gasteiger partial charge in [-0.2, -0.15) is 0 Å². The van der Waals surface area contributed by atoms with Crippen molar-refractivity contribution < 1.29 is 19.2 Å². The van der Waals surface area contributed by atoms with Crippen LogP contribution in [0.15, 0.2) is 24.3 Å². The molecule has 3 rings (SSSR count). The molecule has 0 radical (unpaired) electrons. The van der Waals surface area contributed by atoms with Gasteiger partial charge in [-0.1, -0.05) is 25.4 Å². The van der Waals surface area contributed by atoms with Crippen molar-refractivity contribution in [3.05, 3.63) is 40.7 Å². The summed E-state index contributed by atoms with van der Waals surface area (Å²) in [4.78, 5) is 34.1. The predicted octanol–water partition coefficient (Wildman–Crippen LogP) is 3.49. The van der Waals surface area contributed by atoms with Gasteiger partial charge in [-0.25, -0.2) is 9.78 Å². The Morgan fingerprint density at radius 2 is 1.97 bits per heavy atom. The summed E-state index contributed by atoms with van der Waals surface area (Å²) >= 11 is 6.00. The van der Waals surface area contributed by atoms with Gasteiger partial charge in [0.15, 0.2) is 5.69 Å². The Morgan fingerprint density at radius 3 is 2.62 bits per heavy atom. The SMILES string of the molecule is COC(=O)ON1CCn2c(-c3ccc(Cl)cc3)nc(C(=O)NCCC(C)C)c2C1. The van der Waals surface area contributed by atoms with Gasteiger partial charge < -0.3 is 19.5 Å². The fourth-order valence-electron chi connectivity index (χ4n) is 3.13. The molecule has 1 aromatic heterocycles. The second kappa shape index (κ2) is 9.28. The standard InChI is InChI=1S/C20H25ClN4O4/c1-13(2)8-9-22-19(26)17-16-12-24(29-20(27)28-3)10-11-25(16)18(23-17)14-4-6-15(21)7-5-14/h4-7,13H,8-12H2,1-3H3,(H,22,26). The maximum Gasteiger partial charge on any atom is 0.527 e. The van der Waals surface area contributed by atoms with Crippen LogP contribution >= 0.6 is 11.6 Å². The smallest absolute Gasteiger partial charge is 0.436 e. The first-order valence-corrected chi connectivity index (χ1v) is 9.91. The van der Waals surface area contributed by atoms with Crippen molar-refractivity contribution in [2.45, 2.75) is 33.4 Å². The van der Waals surface area contributed by atoms with E-state index >= 15 is 0 Å². The summed E-state index contributed by atoms with van der Waals surface area (Å²) < 4.78 is 6.55. The number of aromatic nitrogens is 2. The van der Waals surface area contributed by atoms with Crippen LogP contribution < -0.4 is 5.32 Å². The van der Waals surface area contributed by atoms with Crippen LogP contribution in [0.5, 0.6) is 0 Å². The zero-order valence-electron chi connectivity index (χ0n) is 16.8. The number of nitrogens with one attached hydrogen (secondary N) is 1. The molecule has 156 valence electrons. The number of carbonyl (C=O) groups is 2. The number of amides is 1. The minimum Gasteiger partial charge on any atom is -0.436 e. The lowest BCUT2D eigenvalue weighted by Gasteiger charge is -2.27. The number of methoxy groups -OCH3 is 1. The summed E-state index contributed by atoms with van der Waals surface area (Å²) in [7, 11) is 1.25. The number of imidazole rings is 1. The van der Waals surface area contributed by atoms with E-state index in [0.717, 1.165) is 12.0 Å². The van der Waals surface area contributed by atoms with Gasteiger partial charge in [0.1, 0.15) is 5.82 Å². The van der Waals surface area contributed by atoms with Crippen molar-refractivity contribution in [1.82, 2.24) is 19.9 Å². The van der Waals surface area contributed by atoms with Gasteiger partial charge in [-0.05, 0) is 36.6 Å². The monoisotopic (exact) mass is 420 g/mol. The average molecular weight is 421 g/mol. The summed E-state index contributed by atoms with van der Waals surface area (Å²) in [5.41, 5.74) is 1.88. The van der Waals surface area contributed by atoms with Gasteiger partial charge in [0.2, 0.25) is 0 Å². The molecule has 0 spiro atoms. The molecule has 0 unspecified atom stereocenters. The minimum absolute atomic E-state index is 0.239. The van der Waals surface area contributed by atoms with E-state index in [1.165, 1.54) is 12.2 Å². The lowest BCUT2D eigenvalue weighted by atomic mass is 10.1. The Labute approximate surface area is 174 Å². The molecule has 0 atom stereocenters. The summed E-state index contributed by atoms with van der Waals surface area (Å²) in [6.07, 6.45) is 0.0856. The molecule has 0 saturated carbocycles. The lowest BCUT2D eigenvalue weighted by Crippen LogP contribution is -2.37. The van der Waals surface area contributed by atoms with E-state index in [1.807, 2.05) is 16.7 Å². The number of fused-ring (bicyclic) bond motifs is 1. The third-order valence-electron chi connectivity index (χ3n) is 4.67. The van der Waals surface area contributed by atoms with Crippen molar-refractivity contribution in [1.29, 1.82) is 0 Å². The molecule has 9 heteroatoms. The first kappa shape index (κ1) is 21.1. The van der Waals surface area contributed by atoms with Gasteiger partial charge in [0, 0.05) is 23.7 Å². The molecular weight excluding hydrogens is 396 g/mol. The van der Waals surface area contributed by atoms with Crippen LogP contribution in [-0.4, -0.2) is 46.9 Å². The fraction of sp³-hybridized carbons (Fsp3) is 0.450. The average Bonchev–Trinajstić information content (AvgIpc) is 3.07. The number of nitrogens with zero attached hydrogens (tertiary/aromatic N) is 3. The second-order valence-corrected chi connectivity index (χ2v) is 7.67. The Hall–Kier alpha value is -2.58. The normalized spacial score (nSPS) is 13.8. The molecule has 0 aliphatic carbocycles. The third kappa shape index (κ3) is 5.07. The highest BCUT2D eigenvalue weighted by molar-refractivity contribution is 6.30. The summed E-state index contributed by atoms with van der Waals surface area (Å²) in [5, 5.41) is 5.03. The van der Waals surface area contributed by atoms with Crippen LogP contribution in [0.3, 0.4) is 0 Å². The number of benzene rings is 1. The molecule has 1 aliphatic heterocycles. The first-order chi connectivity index (χ1) is 13.9. The highest BCUT2D eigenvalue weighted by atomic mass is 35.5. The van der Waals surface area contributed by atoms with E-state index in [-0.39, 0.29) is 12.5 Å². The van der Waals surface area contributed by atoms with Crippen LogP contribution in [0.1, 0.15) is 36.5 Å². The van der Waals surface area contributed by atoms with E-state index < -0.39 is 6.16 Å². The Kier molecular flexibility index (Phi) is 6.76. The zero-order valence-corrected chi connectivity index (χ0v) is 17.5. The Balaban J connectivity index is 1.91. The number of ether oxygens (including phenoxy) is 1. The molecule has 0 saturated heterocycles. The van der Waals surface area contributed by atoms with E-state index in [9.17, 15) is 9.59 Å². The third-order valence-corrected chi connectivity index (χ3v) is 4.92. The molecule has 1 aromatic carbocycles. The summed E-state index contributed by atoms with van der Waals surface area (Å²) in [6.45, 7) is 5.98. The minimum atomic E-state index is -0.793. The quantitative estimate of drug-likeness (QED) is 0.720. The van der Waals surface area contributed by atoms with E-state index in [1.54, 1.807) is 12.1 Å². The molecule has 8 nitrogen and oxygen atoms in total. The zero-order chi connectivity index (χ0) is 21.0. The molecule has 0 bridgehead atoms. The number of carbonyl (C=O) groups excluding carboxylic acids is 2. The van der Waals surface area contributed by atoms with Crippen LogP contribution in [0.2, 0.25) is 5.02 Å². The Morgan fingerprint density at radius 1 is 1.24 bits per heavy atom. The highest BCUT2D eigenvalue weighted by Gasteiger charge is 2.29. The molecule has 1 N–H and O–H groups in total. The topological polar surface area (TPSA) is 85.7 Å². The number of halogens is 1. The van der Waals surface area contributed by atoms with E-state index in [0.29, 0.717) is 47.8 Å². The van der Waals surface area contributed by atoms with Crippen molar-refractivity contribution >= 4 is 23.7 Å². The molecule has 1 amide bonds. The maximum atomic E-state index is 12.8. The van der Waals surface area contributed by atoms with Crippen LogP contribution in [0.4, 0.5) is 4.79 Å². The lowest BCUT2D eigenvalue weighted by molar-refractivity contribution is -0.139. The van der Waals surface area contributed by atoms with Gasteiger partial charge in [0.05, 0.1) is 25.9 Å². The number of rotatable bonds is 6. The first-order valence-electron chi connectivity index (χ1n) is 9.53. The van der Waals surface area contributed by atoms with Crippen LogP contribution in [0, 0.1) is 5.92 Å². The number of hydrogen-bond donors (Lipinski definition) is 1. The van der Waals surface area contributed by atoms with Crippen molar-refractivity contribution in [3.8, 4) is 11.4 Å². The Bertz CT molecular complexity index is 879. The number of hydroxylamine groups is 2. The molecular formula is C20H25ClN4O4. The largest absolute Gasteiger partial charge is 0.527 e. The van der Waals surface area contributed by atoms with Crippen molar-refractivity contribution in [2.24, 2.45) is 5.92 Å². The molecule has 2 aromatic rings.